The highest BCUT2D eigenvalue weighted by molar-refractivity contribution is 7.80. The summed E-state index contributed by atoms with van der Waals surface area (Å²) < 4.78 is 5.57. The molecule has 0 radical (unpaired) electrons. The largest absolute Gasteiger partial charge is 0.492 e. The number of nitrogens with one attached hydrogen (secondary N) is 1. The number of para-hydroxylation sites is 2. The summed E-state index contributed by atoms with van der Waals surface area (Å²) in [6.45, 7) is 4.05. The van der Waals surface area contributed by atoms with Gasteiger partial charge >= 0.3 is 0 Å². The van der Waals surface area contributed by atoms with E-state index in [9.17, 15) is 4.79 Å². The van der Waals surface area contributed by atoms with Crippen LogP contribution in [0, 0.1) is 5.92 Å². The minimum Gasteiger partial charge on any atom is -0.492 e. The number of carbonyl (C=O) groups excluding carboxylic acids is 1. The van der Waals surface area contributed by atoms with E-state index in [0.29, 0.717) is 11.7 Å². The Morgan fingerprint density at radius 1 is 1.43 bits per heavy atom. The van der Waals surface area contributed by atoms with Gasteiger partial charge in [-0.05, 0) is 44.1 Å². The van der Waals surface area contributed by atoms with E-state index >= 15 is 0 Å². The Hall–Kier alpha value is -1.82. The molecular formula is C15H21N3O2S. The first-order chi connectivity index (χ1) is 10.1. The number of rotatable bonds is 4. The van der Waals surface area contributed by atoms with Gasteiger partial charge in [-0.1, -0.05) is 12.1 Å². The van der Waals surface area contributed by atoms with Gasteiger partial charge < -0.3 is 20.7 Å². The van der Waals surface area contributed by atoms with Crippen molar-refractivity contribution in [2.24, 2.45) is 11.7 Å². The van der Waals surface area contributed by atoms with Crippen molar-refractivity contribution in [3.63, 3.8) is 0 Å². The number of nitrogens with two attached hydrogens (primary N) is 1. The van der Waals surface area contributed by atoms with Gasteiger partial charge in [-0.25, -0.2) is 0 Å². The van der Waals surface area contributed by atoms with Crippen LogP contribution in [-0.2, 0) is 4.79 Å². The number of primary amides is 1. The molecule has 1 saturated heterocycles. The number of benzene rings is 1. The van der Waals surface area contributed by atoms with E-state index in [-0.39, 0.29) is 11.8 Å². The summed E-state index contributed by atoms with van der Waals surface area (Å²) in [6.07, 6.45) is 1.51. The second-order valence-electron chi connectivity index (χ2n) is 5.02. The van der Waals surface area contributed by atoms with Gasteiger partial charge in [0.1, 0.15) is 5.75 Å². The molecule has 2 rings (SSSR count). The molecule has 0 atom stereocenters. The molecule has 3 N–H and O–H groups in total. The first-order valence-corrected chi connectivity index (χ1v) is 7.59. The van der Waals surface area contributed by atoms with Gasteiger partial charge in [-0.15, -0.1) is 0 Å². The second-order valence-corrected chi connectivity index (χ2v) is 5.41. The van der Waals surface area contributed by atoms with Crippen LogP contribution in [0.4, 0.5) is 5.69 Å². The maximum Gasteiger partial charge on any atom is 0.220 e. The molecular weight excluding hydrogens is 286 g/mol. The summed E-state index contributed by atoms with van der Waals surface area (Å²) >= 11 is 5.45. The van der Waals surface area contributed by atoms with Gasteiger partial charge in [0, 0.05) is 19.0 Å². The lowest BCUT2D eigenvalue weighted by Gasteiger charge is -2.32. The number of likely N-dealkylation sites (tertiary alicyclic amines) is 1. The minimum absolute atomic E-state index is 0.0280. The first kappa shape index (κ1) is 15.6. The molecule has 1 heterocycles. The molecule has 0 aliphatic carbocycles. The van der Waals surface area contributed by atoms with Crippen LogP contribution in [-0.4, -0.2) is 35.6 Å². The number of ether oxygens (including phenoxy) is 1. The van der Waals surface area contributed by atoms with E-state index in [4.69, 9.17) is 22.7 Å². The number of amides is 1. The molecule has 0 aromatic heterocycles. The lowest BCUT2D eigenvalue weighted by Crippen LogP contribution is -2.43. The Kier molecular flexibility index (Phi) is 5.38. The second kappa shape index (κ2) is 7.26. The molecule has 6 heteroatoms. The zero-order valence-electron chi connectivity index (χ0n) is 12.2. The van der Waals surface area contributed by atoms with Crippen LogP contribution < -0.4 is 15.8 Å². The van der Waals surface area contributed by atoms with Gasteiger partial charge in [-0.2, -0.15) is 0 Å². The van der Waals surface area contributed by atoms with Crippen LogP contribution in [0.3, 0.4) is 0 Å². The van der Waals surface area contributed by atoms with Gasteiger partial charge in [-0.3, -0.25) is 4.79 Å². The number of carbonyl (C=O) groups is 1. The monoisotopic (exact) mass is 307 g/mol. The minimum atomic E-state index is -0.213. The van der Waals surface area contributed by atoms with Crippen molar-refractivity contribution in [3.05, 3.63) is 24.3 Å². The average molecular weight is 307 g/mol. The smallest absolute Gasteiger partial charge is 0.220 e. The Morgan fingerprint density at radius 3 is 2.71 bits per heavy atom. The van der Waals surface area contributed by atoms with Crippen molar-refractivity contribution in [1.82, 2.24) is 4.90 Å². The Balaban J connectivity index is 1.95. The highest BCUT2D eigenvalue weighted by Crippen LogP contribution is 2.25. The number of hydrogen-bond donors (Lipinski definition) is 2. The molecule has 5 nitrogen and oxygen atoms in total. The van der Waals surface area contributed by atoms with Crippen molar-refractivity contribution in [2.75, 3.05) is 25.0 Å². The molecule has 21 heavy (non-hydrogen) atoms. The number of hydrogen-bond acceptors (Lipinski definition) is 3. The summed E-state index contributed by atoms with van der Waals surface area (Å²) in [5.41, 5.74) is 6.21. The molecule has 1 aliphatic rings. The Bertz CT molecular complexity index is 513. The third-order valence-electron chi connectivity index (χ3n) is 3.61. The van der Waals surface area contributed by atoms with Crippen molar-refractivity contribution in [2.45, 2.75) is 19.8 Å². The zero-order valence-corrected chi connectivity index (χ0v) is 13.0. The third kappa shape index (κ3) is 4.07. The van der Waals surface area contributed by atoms with Crippen molar-refractivity contribution in [1.29, 1.82) is 0 Å². The molecule has 0 saturated carbocycles. The van der Waals surface area contributed by atoms with Crippen LogP contribution in [0.2, 0.25) is 0 Å². The Morgan fingerprint density at radius 2 is 2.10 bits per heavy atom. The molecule has 1 amide bonds. The molecule has 0 unspecified atom stereocenters. The lowest BCUT2D eigenvalue weighted by molar-refractivity contribution is -0.122. The van der Waals surface area contributed by atoms with Crippen molar-refractivity contribution in [3.8, 4) is 5.75 Å². The van der Waals surface area contributed by atoms with E-state index < -0.39 is 0 Å². The highest BCUT2D eigenvalue weighted by atomic mass is 32.1. The lowest BCUT2D eigenvalue weighted by atomic mass is 9.97. The van der Waals surface area contributed by atoms with Crippen LogP contribution in [0.25, 0.3) is 0 Å². The summed E-state index contributed by atoms with van der Waals surface area (Å²) in [4.78, 5) is 13.2. The maximum atomic E-state index is 11.2. The third-order valence-corrected chi connectivity index (χ3v) is 3.97. The highest BCUT2D eigenvalue weighted by Gasteiger charge is 2.24. The van der Waals surface area contributed by atoms with Crippen LogP contribution >= 0.6 is 12.2 Å². The predicted molar refractivity (Wildman–Crippen MR) is 87.3 cm³/mol. The van der Waals surface area contributed by atoms with Crippen LogP contribution in [0.5, 0.6) is 5.75 Å². The summed E-state index contributed by atoms with van der Waals surface area (Å²) in [5.74, 6) is 0.546. The summed E-state index contributed by atoms with van der Waals surface area (Å²) in [7, 11) is 0. The Labute approximate surface area is 130 Å². The number of piperidine rings is 1. The quantitative estimate of drug-likeness (QED) is 0.833. The molecule has 0 bridgehead atoms. The molecule has 1 aromatic rings. The SMILES string of the molecule is CCOc1ccccc1NC(=S)N1CCC(C(N)=O)CC1. The summed E-state index contributed by atoms with van der Waals surface area (Å²) in [6, 6.07) is 7.71. The standard InChI is InChI=1S/C15H21N3O2S/c1-2-20-13-6-4-3-5-12(13)17-15(21)18-9-7-11(8-10-18)14(16)19/h3-6,11H,2,7-10H2,1H3,(H2,16,19)(H,17,21). The van der Waals surface area contributed by atoms with E-state index in [2.05, 4.69) is 10.2 Å². The van der Waals surface area contributed by atoms with Gasteiger partial charge in [0.05, 0.1) is 12.3 Å². The topological polar surface area (TPSA) is 67.6 Å². The number of nitrogens with zero attached hydrogens (tertiary/aromatic N) is 1. The fraction of sp³-hybridized carbons (Fsp3) is 0.467. The van der Waals surface area contributed by atoms with Crippen LogP contribution in [0.15, 0.2) is 24.3 Å². The number of thiocarbonyl (C=S) groups is 1. The van der Waals surface area contributed by atoms with Crippen LogP contribution in [0.1, 0.15) is 19.8 Å². The van der Waals surface area contributed by atoms with Crippen molar-refractivity contribution >= 4 is 28.9 Å². The van der Waals surface area contributed by atoms with Gasteiger partial charge in [0.25, 0.3) is 0 Å². The number of anilines is 1. The van der Waals surface area contributed by atoms with Gasteiger partial charge in [0.2, 0.25) is 5.91 Å². The summed E-state index contributed by atoms with van der Waals surface area (Å²) in [5, 5.41) is 3.88. The van der Waals surface area contributed by atoms with E-state index in [1.54, 1.807) is 0 Å². The van der Waals surface area contributed by atoms with E-state index in [0.717, 1.165) is 37.4 Å². The van der Waals surface area contributed by atoms with Gasteiger partial charge in [0.15, 0.2) is 5.11 Å². The average Bonchev–Trinajstić information content (AvgIpc) is 2.49. The van der Waals surface area contributed by atoms with Crippen molar-refractivity contribution < 1.29 is 9.53 Å². The maximum absolute atomic E-state index is 11.2. The molecule has 114 valence electrons. The molecule has 1 aromatic carbocycles. The first-order valence-electron chi connectivity index (χ1n) is 7.19. The molecule has 1 aliphatic heterocycles. The molecule has 1 fully saturated rings. The van der Waals surface area contributed by atoms with E-state index in [1.165, 1.54) is 0 Å². The fourth-order valence-corrected chi connectivity index (χ4v) is 2.71. The van der Waals surface area contributed by atoms with E-state index in [1.807, 2.05) is 31.2 Å². The normalized spacial score (nSPS) is 15.6. The zero-order chi connectivity index (χ0) is 15.2. The fourth-order valence-electron chi connectivity index (χ4n) is 2.41. The predicted octanol–water partition coefficient (Wildman–Crippen LogP) is 1.98. The molecule has 0 spiro atoms.